The molecule has 0 aromatic rings. The molecular formula is C54H110. The largest absolute Gasteiger partial charge is 0.0654 e. The van der Waals surface area contributed by atoms with E-state index in [1.807, 2.05) is 0 Å². The molecule has 1 atom stereocenters. The van der Waals surface area contributed by atoms with E-state index < -0.39 is 0 Å². The van der Waals surface area contributed by atoms with Crippen LogP contribution in [-0.4, -0.2) is 0 Å². The summed E-state index contributed by atoms with van der Waals surface area (Å²) in [6.45, 7) is 7.07. The number of rotatable bonds is 50. The molecule has 0 saturated heterocycles. The van der Waals surface area contributed by atoms with Gasteiger partial charge in [-0.15, -0.1) is 0 Å². The van der Waals surface area contributed by atoms with Crippen molar-refractivity contribution < 1.29 is 0 Å². The third-order valence-electron chi connectivity index (χ3n) is 13.3. The third kappa shape index (κ3) is 48.1. The molecule has 0 saturated carbocycles. The molecule has 0 radical (unpaired) electrons. The topological polar surface area (TPSA) is 0 Å². The molecule has 0 aliphatic carbocycles. The van der Waals surface area contributed by atoms with Crippen molar-refractivity contribution in [3.8, 4) is 0 Å². The lowest BCUT2D eigenvalue weighted by molar-refractivity contribution is 0.392. The molecule has 54 heavy (non-hydrogen) atoms. The Morgan fingerprint density at radius 2 is 0.296 bits per heavy atom. The Kier molecular flexibility index (Phi) is 51.0. The Labute approximate surface area is 346 Å². The summed E-state index contributed by atoms with van der Waals surface area (Å²) in [5, 5.41) is 0. The van der Waals surface area contributed by atoms with Crippen LogP contribution in [0, 0.1) is 5.92 Å². The number of unbranched alkanes of at least 4 members (excludes halogenated alkanes) is 45. The molecule has 0 aromatic carbocycles. The molecule has 0 nitrogen and oxygen atoms in total. The summed E-state index contributed by atoms with van der Waals surface area (Å²) in [4.78, 5) is 0. The predicted octanol–water partition coefficient (Wildman–Crippen LogP) is 21.2. The minimum absolute atomic E-state index is 1.01. The summed E-state index contributed by atoms with van der Waals surface area (Å²) in [5.41, 5.74) is 0. The van der Waals surface area contributed by atoms with E-state index in [1.54, 1.807) is 0 Å². The maximum Gasteiger partial charge on any atom is -0.0417 e. The molecule has 0 amide bonds. The second kappa shape index (κ2) is 51.0. The van der Waals surface area contributed by atoms with E-state index >= 15 is 0 Å². The van der Waals surface area contributed by atoms with Gasteiger partial charge in [-0.25, -0.2) is 0 Å². The maximum atomic E-state index is 2.45. The highest BCUT2D eigenvalue weighted by Crippen LogP contribution is 2.23. The molecule has 0 N–H and O–H groups in total. The second-order valence-electron chi connectivity index (χ2n) is 18.8. The first kappa shape index (κ1) is 54.0. The van der Waals surface area contributed by atoms with Gasteiger partial charge in [-0.05, 0) is 5.92 Å². The summed E-state index contributed by atoms with van der Waals surface area (Å²) >= 11 is 0. The maximum absolute atomic E-state index is 2.45. The van der Waals surface area contributed by atoms with E-state index in [4.69, 9.17) is 0 Å². The molecule has 0 fully saturated rings. The van der Waals surface area contributed by atoms with Crippen LogP contribution in [0.3, 0.4) is 0 Å². The fourth-order valence-corrected chi connectivity index (χ4v) is 9.17. The first-order valence-electron chi connectivity index (χ1n) is 26.8. The normalized spacial score (nSPS) is 12.3. The van der Waals surface area contributed by atoms with Crippen LogP contribution in [0.1, 0.15) is 342 Å². The van der Waals surface area contributed by atoms with Gasteiger partial charge in [-0.1, -0.05) is 342 Å². The second-order valence-corrected chi connectivity index (χ2v) is 18.8. The van der Waals surface area contributed by atoms with Gasteiger partial charge in [-0.2, -0.15) is 0 Å². The summed E-state index contributed by atoms with van der Waals surface area (Å²) in [7, 11) is 0. The molecule has 0 aromatic heterocycles. The van der Waals surface area contributed by atoms with E-state index in [-0.39, 0.29) is 0 Å². The molecule has 0 heteroatoms. The molecule has 0 heterocycles. The molecule has 326 valence electrons. The minimum Gasteiger partial charge on any atom is -0.0654 e. The Morgan fingerprint density at radius 1 is 0.167 bits per heavy atom. The van der Waals surface area contributed by atoms with Crippen LogP contribution in [-0.2, 0) is 0 Å². The van der Waals surface area contributed by atoms with Crippen LogP contribution in [0.25, 0.3) is 0 Å². The smallest absolute Gasteiger partial charge is 0.0417 e. The van der Waals surface area contributed by atoms with E-state index in [0.717, 1.165) is 5.92 Å². The molecule has 0 spiro atoms. The molecular weight excluding hydrogens is 649 g/mol. The Bertz CT molecular complexity index is 607. The Balaban J connectivity index is 3.22. The lowest BCUT2D eigenvalue weighted by Crippen LogP contribution is -1.99. The zero-order valence-electron chi connectivity index (χ0n) is 38.9. The van der Waals surface area contributed by atoms with Crippen molar-refractivity contribution in [1.29, 1.82) is 0 Å². The first-order chi connectivity index (χ1) is 26.8. The van der Waals surface area contributed by atoms with Crippen LogP contribution >= 0.6 is 0 Å². The fraction of sp³-hybridized carbons (Fsp3) is 1.00. The van der Waals surface area contributed by atoms with Crippen LogP contribution in [0.4, 0.5) is 0 Å². The lowest BCUT2D eigenvalue weighted by atomic mass is 9.92. The van der Waals surface area contributed by atoms with Gasteiger partial charge in [-0.3, -0.25) is 0 Å². The fourth-order valence-electron chi connectivity index (χ4n) is 9.17. The van der Waals surface area contributed by atoms with Crippen molar-refractivity contribution in [2.75, 3.05) is 0 Å². The van der Waals surface area contributed by atoms with Gasteiger partial charge in [0, 0.05) is 0 Å². The van der Waals surface area contributed by atoms with Crippen molar-refractivity contribution in [2.24, 2.45) is 5.92 Å². The van der Waals surface area contributed by atoms with E-state index in [0.29, 0.717) is 0 Å². The molecule has 0 bridgehead atoms. The van der Waals surface area contributed by atoms with E-state index in [1.165, 1.54) is 321 Å². The van der Waals surface area contributed by atoms with Gasteiger partial charge in [0.2, 0.25) is 0 Å². The third-order valence-corrected chi connectivity index (χ3v) is 13.3. The highest BCUT2D eigenvalue weighted by atomic mass is 14.1. The van der Waals surface area contributed by atoms with Crippen LogP contribution in [0.15, 0.2) is 0 Å². The van der Waals surface area contributed by atoms with Gasteiger partial charge in [0.1, 0.15) is 0 Å². The van der Waals surface area contributed by atoms with E-state index in [2.05, 4.69) is 20.8 Å². The van der Waals surface area contributed by atoms with Gasteiger partial charge >= 0.3 is 0 Å². The van der Waals surface area contributed by atoms with Crippen LogP contribution in [0.2, 0.25) is 0 Å². The lowest BCUT2D eigenvalue weighted by Gasteiger charge is -2.14. The van der Waals surface area contributed by atoms with Crippen LogP contribution in [0.5, 0.6) is 0 Å². The average molecular weight is 759 g/mol. The molecule has 0 aliphatic rings. The first-order valence-corrected chi connectivity index (χ1v) is 26.8. The van der Waals surface area contributed by atoms with Crippen molar-refractivity contribution in [2.45, 2.75) is 342 Å². The molecule has 0 aliphatic heterocycles. The van der Waals surface area contributed by atoms with Crippen LogP contribution < -0.4 is 0 Å². The molecule has 1 unspecified atom stereocenters. The minimum atomic E-state index is 1.01. The highest BCUT2D eigenvalue weighted by Gasteiger charge is 2.06. The Hall–Kier alpha value is 0. The highest BCUT2D eigenvalue weighted by molar-refractivity contribution is 4.60. The standard InChI is InChI=1S/C54H110/c1-4-7-9-11-13-15-17-19-21-23-25-27-29-31-33-35-37-39-41-43-45-47-49-51-53-54(6-3)52-50-48-46-44-42-40-38-36-34-32-30-28-26-24-22-20-18-16-14-12-10-8-5-2/h54H,4-53H2,1-3H3. The quantitative estimate of drug-likeness (QED) is 0.0542. The summed E-state index contributed by atoms with van der Waals surface area (Å²) in [5.74, 6) is 1.01. The monoisotopic (exact) mass is 759 g/mol. The summed E-state index contributed by atoms with van der Waals surface area (Å²) in [6, 6.07) is 0. The zero-order chi connectivity index (χ0) is 38.9. The Morgan fingerprint density at radius 3 is 0.426 bits per heavy atom. The van der Waals surface area contributed by atoms with Crippen molar-refractivity contribution in [3.63, 3.8) is 0 Å². The average Bonchev–Trinajstić information content (AvgIpc) is 3.19. The zero-order valence-corrected chi connectivity index (χ0v) is 38.9. The van der Waals surface area contributed by atoms with Crippen molar-refractivity contribution >= 4 is 0 Å². The van der Waals surface area contributed by atoms with Gasteiger partial charge < -0.3 is 0 Å². The predicted molar refractivity (Wildman–Crippen MR) is 251 cm³/mol. The number of hydrogen-bond acceptors (Lipinski definition) is 0. The molecule has 0 rings (SSSR count). The SMILES string of the molecule is CCCCCCCCCCCCCCCCCCCCCCCCCCC(CC)CCCCCCCCCCCCCCCCCCCCCCCCC. The summed E-state index contributed by atoms with van der Waals surface area (Å²) < 4.78 is 0. The van der Waals surface area contributed by atoms with Crippen molar-refractivity contribution in [1.82, 2.24) is 0 Å². The van der Waals surface area contributed by atoms with Gasteiger partial charge in [0.15, 0.2) is 0 Å². The van der Waals surface area contributed by atoms with Gasteiger partial charge in [0.25, 0.3) is 0 Å². The number of hydrogen-bond donors (Lipinski definition) is 0. The summed E-state index contributed by atoms with van der Waals surface area (Å²) in [6.07, 6.45) is 74.2. The van der Waals surface area contributed by atoms with Crippen molar-refractivity contribution in [3.05, 3.63) is 0 Å². The van der Waals surface area contributed by atoms with E-state index in [9.17, 15) is 0 Å². The van der Waals surface area contributed by atoms with Gasteiger partial charge in [0.05, 0.1) is 0 Å².